The minimum absolute atomic E-state index is 0.189. The third-order valence-electron chi connectivity index (χ3n) is 1.98. The molecular formula is C11H13FN2. The lowest BCUT2D eigenvalue weighted by Crippen LogP contribution is -2.19. The Labute approximate surface area is 83.6 Å². The summed E-state index contributed by atoms with van der Waals surface area (Å²) in [6, 6.07) is 8.29. The number of halogens is 1. The smallest absolute Gasteiger partial charge is 0.123 e. The summed E-state index contributed by atoms with van der Waals surface area (Å²) >= 11 is 0. The Morgan fingerprint density at radius 3 is 2.36 bits per heavy atom. The standard InChI is InChI=1S/C11H13FN2/c1-14(2)8-10(7-13)9-3-5-11(12)6-4-9/h3-6,10H,8H2,1-2H3. The molecule has 0 heterocycles. The molecule has 1 atom stereocenters. The number of rotatable bonds is 3. The maximum Gasteiger partial charge on any atom is 0.123 e. The zero-order valence-corrected chi connectivity index (χ0v) is 8.37. The molecule has 0 N–H and O–H groups in total. The highest BCUT2D eigenvalue weighted by Crippen LogP contribution is 2.15. The van der Waals surface area contributed by atoms with E-state index in [1.165, 1.54) is 12.1 Å². The van der Waals surface area contributed by atoms with Crippen LogP contribution in [0.4, 0.5) is 4.39 Å². The second-order valence-electron chi connectivity index (χ2n) is 3.50. The first-order valence-electron chi connectivity index (χ1n) is 4.43. The third kappa shape index (κ3) is 2.82. The van der Waals surface area contributed by atoms with Gasteiger partial charge in [0.1, 0.15) is 5.82 Å². The van der Waals surface area contributed by atoms with Gasteiger partial charge in [0.05, 0.1) is 12.0 Å². The van der Waals surface area contributed by atoms with Gasteiger partial charge in [-0.3, -0.25) is 0 Å². The Bertz CT molecular complexity index is 324. The van der Waals surface area contributed by atoms with Crippen molar-refractivity contribution >= 4 is 0 Å². The maximum absolute atomic E-state index is 12.6. The average Bonchev–Trinajstić information content (AvgIpc) is 2.15. The molecule has 3 heteroatoms. The van der Waals surface area contributed by atoms with Crippen LogP contribution >= 0.6 is 0 Å². The number of nitrogens with zero attached hydrogens (tertiary/aromatic N) is 2. The zero-order valence-electron chi connectivity index (χ0n) is 8.37. The average molecular weight is 192 g/mol. The second-order valence-corrected chi connectivity index (χ2v) is 3.50. The van der Waals surface area contributed by atoms with Crippen molar-refractivity contribution in [2.24, 2.45) is 0 Å². The molecule has 1 aromatic rings. The van der Waals surface area contributed by atoms with Crippen molar-refractivity contribution in [3.05, 3.63) is 35.6 Å². The van der Waals surface area contributed by atoms with Gasteiger partial charge in [-0.05, 0) is 31.8 Å². The molecule has 1 unspecified atom stereocenters. The van der Waals surface area contributed by atoms with Crippen LogP contribution in [0.3, 0.4) is 0 Å². The van der Waals surface area contributed by atoms with E-state index in [-0.39, 0.29) is 11.7 Å². The van der Waals surface area contributed by atoms with Crippen molar-refractivity contribution in [1.29, 1.82) is 5.26 Å². The Morgan fingerprint density at radius 1 is 1.36 bits per heavy atom. The van der Waals surface area contributed by atoms with Crippen molar-refractivity contribution in [1.82, 2.24) is 4.90 Å². The number of hydrogen-bond donors (Lipinski definition) is 0. The highest BCUT2D eigenvalue weighted by Gasteiger charge is 2.11. The van der Waals surface area contributed by atoms with E-state index in [9.17, 15) is 4.39 Å². The molecule has 2 nitrogen and oxygen atoms in total. The zero-order chi connectivity index (χ0) is 10.6. The minimum Gasteiger partial charge on any atom is -0.308 e. The van der Waals surface area contributed by atoms with Gasteiger partial charge in [0.25, 0.3) is 0 Å². The van der Waals surface area contributed by atoms with Gasteiger partial charge < -0.3 is 4.90 Å². The van der Waals surface area contributed by atoms with Crippen molar-refractivity contribution in [2.75, 3.05) is 20.6 Å². The van der Waals surface area contributed by atoms with Crippen LogP contribution in [0.5, 0.6) is 0 Å². The highest BCUT2D eigenvalue weighted by atomic mass is 19.1. The van der Waals surface area contributed by atoms with Gasteiger partial charge in [-0.15, -0.1) is 0 Å². The van der Waals surface area contributed by atoms with E-state index in [0.717, 1.165) is 5.56 Å². The predicted molar refractivity (Wildman–Crippen MR) is 53.3 cm³/mol. The molecule has 0 spiro atoms. The van der Waals surface area contributed by atoms with Crippen LogP contribution in [0.15, 0.2) is 24.3 Å². The predicted octanol–water partition coefficient (Wildman–Crippen LogP) is 1.99. The number of likely N-dealkylation sites (N-methyl/N-ethyl adjacent to an activating group) is 1. The monoisotopic (exact) mass is 192 g/mol. The van der Waals surface area contributed by atoms with Gasteiger partial charge in [0.15, 0.2) is 0 Å². The van der Waals surface area contributed by atoms with Gasteiger partial charge in [-0.2, -0.15) is 5.26 Å². The maximum atomic E-state index is 12.6. The van der Waals surface area contributed by atoms with E-state index < -0.39 is 0 Å². The molecule has 0 aliphatic carbocycles. The van der Waals surface area contributed by atoms with E-state index in [0.29, 0.717) is 6.54 Å². The number of nitriles is 1. The van der Waals surface area contributed by atoms with E-state index in [1.807, 2.05) is 19.0 Å². The molecule has 1 rings (SSSR count). The molecule has 0 radical (unpaired) electrons. The molecule has 0 bridgehead atoms. The van der Waals surface area contributed by atoms with Crippen molar-refractivity contribution in [2.45, 2.75) is 5.92 Å². The van der Waals surface area contributed by atoms with Crippen molar-refractivity contribution in [3.8, 4) is 6.07 Å². The Hall–Kier alpha value is -1.40. The lowest BCUT2D eigenvalue weighted by atomic mass is 10.0. The molecular weight excluding hydrogens is 179 g/mol. The first-order chi connectivity index (χ1) is 6.63. The Balaban J connectivity index is 2.80. The fourth-order valence-corrected chi connectivity index (χ4v) is 1.28. The molecule has 0 aromatic heterocycles. The fourth-order valence-electron chi connectivity index (χ4n) is 1.28. The van der Waals surface area contributed by atoms with Crippen LogP contribution in [0.25, 0.3) is 0 Å². The van der Waals surface area contributed by atoms with Gasteiger partial charge in [0.2, 0.25) is 0 Å². The molecule has 0 fully saturated rings. The Morgan fingerprint density at radius 2 is 1.93 bits per heavy atom. The molecule has 0 aliphatic heterocycles. The number of hydrogen-bond acceptors (Lipinski definition) is 2. The first kappa shape index (κ1) is 10.7. The summed E-state index contributed by atoms with van der Waals surface area (Å²) in [5.41, 5.74) is 0.864. The minimum atomic E-state index is -0.268. The van der Waals surface area contributed by atoms with Crippen molar-refractivity contribution in [3.63, 3.8) is 0 Å². The summed E-state index contributed by atoms with van der Waals surface area (Å²) in [7, 11) is 3.82. The number of benzene rings is 1. The summed E-state index contributed by atoms with van der Waals surface area (Å²) < 4.78 is 12.6. The summed E-state index contributed by atoms with van der Waals surface area (Å²) in [5.74, 6) is -0.458. The van der Waals surface area contributed by atoms with Gasteiger partial charge >= 0.3 is 0 Å². The van der Waals surface area contributed by atoms with Crippen LogP contribution in [0, 0.1) is 17.1 Å². The summed E-state index contributed by atoms with van der Waals surface area (Å²) in [5, 5.41) is 8.93. The summed E-state index contributed by atoms with van der Waals surface area (Å²) in [6.45, 7) is 0.655. The molecule has 14 heavy (non-hydrogen) atoms. The van der Waals surface area contributed by atoms with Crippen LogP contribution in [-0.2, 0) is 0 Å². The molecule has 0 saturated heterocycles. The summed E-state index contributed by atoms with van der Waals surface area (Å²) in [6.07, 6.45) is 0. The van der Waals surface area contributed by atoms with Crippen LogP contribution in [0.2, 0.25) is 0 Å². The summed E-state index contributed by atoms with van der Waals surface area (Å²) in [4.78, 5) is 1.94. The largest absolute Gasteiger partial charge is 0.308 e. The van der Waals surface area contributed by atoms with E-state index in [4.69, 9.17) is 5.26 Å². The van der Waals surface area contributed by atoms with Gasteiger partial charge in [-0.25, -0.2) is 4.39 Å². The van der Waals surface area contributed by atoms with Gasteiger partial charge in [-0.1, -0.05) is 12.1 Å². The SMILES string of the molecule is CN(C)CC(C#N)c1ccc(F)cc1. The first-order valence-corrected chi connectivity index (χ1v) is 4.43. The molecule has 1 aromatic carbocycles. The second kappa shape index (κ2) is 4.73. The molecule has 0 aliphatic rings. The molecule has 74 valence electrons. The van der Waals surface area contributed by atoms with Gasteiger partial charge in [0, 0.05) is 6.54 Å². The lowest BCUT2D eigenvalue weighted by molar-refractivity contribution is 0.398. The van der Waals surface area contributed by atoms with E-state index in [2.05, 4.69) is 6.07 Å². The molecule has 0 saturated carbocycles. The van der Waals surface area contributed by atoms with Crippen LogP contribution in [0.1, 0.15) is 11.5 Å². The normalized spacial score (nSPS) is 12.5. The van der Waals surface area contributed by atoms with Crippen LogP contribution < -0.4 is 0 Å². The quantitative estimate of drug-likeness (QED) is 0.732. The highest BCUT2D eigenvalue weighted by molar-refractivity contribution is 5.25. The van der Waals surface area contributed by atoms with Crippen molar-refractivity contribution < 1.29 is 4.39 Å². The van der Waals surface area contributed by atoms with E-state index in [1.54, 1.807) is 12.1 Å². The molecule has 0 amide bonds. The lowest BCUT2D eigenvalue weighted by Gasteiger charge is -2.14. The third-order valence-corrected chi connectivity index (χ3v) is 1.98. The van der Waals surface area contributed by atoms with E-state index >= 15 is 0 Å². The van der Waals surface area contributed by atoms with Crippen LogP contribution in [-0.4, -0.2) is 25.5 Å². The Kier molecular flexibility index (Phi) is 3.61. The topological polar surface area (TPSA) is 27.0 Å². The fraction of sp³-hybridized carbons (Fsp3) is 0.364.